The molecule has 3 aliphatic rings. The predicted molar refractivity (Wildman–Crippen MR) is 255 cm³/mol. The maximum atomic E-state index is 2.34. The highest BCUT2D eigenvalue weighted by Gasteiger charge is 2.21. The van der Waals surface area contributed by atoms with Gasteiger partial charge in [0, 0.05) is 0 Å². The normalized spacial score (nSPS) is 12.0. The number of benzene rings is 8. The lowest BCUT2D eigenvalue weighted by Crippen LogP contribution is -1.90. The van der Waals surface area contributed by atoms with E-state index in [0.29, 0.717) is 0 Å². The third-order valence-electron chi connectivity index (χ3n) is 13.5. The van der Waals surface area contributed by atoms with Crippen LogP contribution in [0.1, 0.15) is 90.4 Å². The minimum atomic E-state index is 1.10. The second-order valence-electron chi connectivity index (χ2n) is 17.0. The van der Waals surface area contributed by atoms with Crippen molar-refractivity contribution in [3.8, 4) is 33.4 Å². The lowest BCUT2D eigenvalue weighted by molar-refractivity contribution is 1.15. The molecule has 0 N–H and O–H groups in total. The van der Waals surface area contributed by atoms with Gasteiger partial charge in [0.2, 0.25) is 0 Å². The van der Waals surface area contributed by atoms with Crippen molar-refractivity contribution in [1.29, 1.82) is 0 Å². The fourth-order valence-electron chi connectivity index (χ4n) is 9.46. The Morgan fingerprint density at radius 3 is 1.56 bits per heavy atom. The van der Waals surface area contributed by atoms with Crippen LogP contribution < -0.4 is 0 Å². The van der Waals surface area contributed by atoms with Crippen LogP contribution in [0.3, 0.4) is 0 Å². The van der Waals surface area contributed by atoms with Gasteiger partial charge in [0.05, 0.1) is 0 Å². The van der Waals surface area contributed by atoms with Gasteiger partial charge in [-0.2, -0.15) is 0 Å². The predicted octanol–water partition coefficient (Wildman–Crippen LogP) is 15.6. The zero-order valence-electron chi connectivity index (χ0n) is 36.6. The highest BCUT2D eigenvalue weighted by atomic mass is 14.3. The number of aryl methyl sites for hydroxylation is 7. The summed E-state index contributed by atoms with van der Waals surface area (Å²) in [5.74, 6) is 0. The second kappa shape index (κ2) is 16.7. The minimum absolute atomic E-state index is 1.10. The second-order valence-corrected chi connectivity index (χ2v) is 17.0. The maximum absolute atomic E-state index is 2.34. The third kappa shape index (κ3) is 7.70. The van der Waals surface area contributed by atoms with Crippen LogP contribution in [-0.2, 0) is 25.7 Å². The van der Waals surface area contributed by atoms with Crippen molar-refractivity contribution >= 4 is 10.8 Å². The molecule has 8 aromatic rings. The van der Waals surface area contributed by atoms with E-state index in [4.69, 9.17) is 0 Å². The summed E-state index contributed by atoms with van der Waals surface area (Å²) in [6, 6.07) is 50.9. The molecule has 3 aliphatic carbocycles. The van der Waals surface area contributed by atoms with Gasteiger partial charge in [0.15, 0.2) is 0 Å². The van der Waals surface area contributed by atoms with E-state index >= 15 is 0 Å². The van der Waals surface area contributed by atoms with Gasteiger partial charge in [-0.1, -0.05) is 146 Å². The van der Waals surface area contributed by atoms with Gasteiger partial charge >= 0.3 is 0 Å². The Morgan fingerprint density at radius 1 is 0.339 bits per heavy atom. The molecule has 0 amide bonds. The Kier molecular flexibility index (Phi) is 11.3. The first-order valence-corrected chi connectivity index (χ1v) is 21.5. The molecule has 0 bridgehead atoms. The lowest BCUT2D eigenvalue weighted by Gasteiger charge is -2.10. The Morgan fingerprint density at radius 2 is 0.864 bits per heavy atom. The average molecular weight is 767 g/mol. The monoisotopic (exact) mass is 766 g/mol. The van der Waals surface area contributed by atoms with Crippen molar-refractivity contribution in [2.24, 2.45) is 0 Å². The molecule has 0 aromatic heterocycles. The summed E-state index contributed by atoms with van der Waals surface area (Å²) in [6.45, 7) is 19.9. The molecule has 0 atom stereocenters. The van der Waals surface area contributed by atoms with E-state index in [-0.39, 0.29) is 0 Å². The molecule has 0 aliphatic heterocycles. The summed E-state index contributed by atoms with van der Waals surface area (Å²) in [5.41, 5.74) is 30.3. The van der Waals surface area contributed by atoms with Gasteiger partial charge in [-0.15, -0.1) is 0 Å². The molecule has 0 heteroatoms. The quantitative estimate of drug-likeness (QED) is 0.156. The molecule has 0 saturated carbocycles. The van der Waals surface area contributed by atoms with Crippen LogP contribution >= 0.6 is 0 Å². The number of rotatable bonds is 1. The van der Waals surface area contributed by atoms with Gasteiger partial charge in [-0.05, 0) is 209 Å². The van der Waals surface area contributed by atoms with Crippen LogP contribution in [0.25, 0.3) is 44.2 Å². The molecule has 0 unspecified atom stereocenters. The van der Waals surface area contributed by atoms with Gasteiger partial charge in [-0.25, -0.2) is 0 Å². The van der Waals surface area contributed by atoms with Crippen molar-refractivity contribution in [2.45, 2.75) is 88.0 Å². The van der Waals surface area contributed by atoms with Gasteiger partial charge in [-0.3, -0.25) is 0 Å². The van der Waals surface area contributed by atoms with E-state index in [1.54, 1.807) is 0 Å². The summed E-state index contributed by atoms with van der Waals surface area (Å²) < 4.78 is 0. The summed E-state index contributed by atoms with van der Waals surface area (Å²) in [6.07, 6.45) is 4.43. The molecule has 11 rings (SSSR count). The molecular formula is C59H58. The molecular weight excluding hydrogens is 709 g/mol. The van der Waals surface area contributed by atoms with Crippen molar-refractivity contribution in [3.63, 3.8) is 0 Å². The zero-order chi connectivity index (χ0) is 41.4. The molecule has 0 fully saturated rings. The first kappa shape index (κ1) is 39.8. The fourth-order valence-corrected chi connectivity index (χ4v) is 9.46. The highest BCUT2D eigenvalue weighted by Crippen LogP contribution is 2.41. The Balaban J connectivity index is 0.000000109. The third-order valence-corrected chi connectivity index (χ3v) is 13.5. The Bertz CT molecular complexity index is 2850. The van der Waals surface area contributed by atoms with E-state index in [9.17, 15) is 0 Å². The number of fused-ring (bicyclic) bond motifs is 10. The summed E-state index contributed by atoms with van der Waals surface area (Å²) >= 11 is 0. The molecule has 0 spiro atoms. The topological polar surface area (TPSA) is 0 Å². The van der Waals surface area contributed by atoms with E-state index < -0.39 is 0 Å². The van der Waals surface area contributed by atoms with Crippen LogP contribution in [0.2, 0.25) is 0 Å². The number of hydrogen-bond donors (Lipinski definition) is 0. The largest absolute Gasteiger partial charge is 0.0619 e. The Hall–Kier alpha value is -5.98. The van der Waals surface area contributed by atoms with Crippen molar-refractivity contribution in [3.05, 3.63) is 223 Å². The standard InChI is InChI=1S/3C15H14.C14H16/c1-10-7-13-9-12-5-3-4-6-14(12)15(13)8-11(10)2;1-10-7-8-13-9-12-5-3-4-6-14(12)15(13)11(10)2;1-10-7-8-14-13-6-4-3-5-12(13)9-15(14)11(10)2;1-4-12-9-10(2)11(3)13-7-5-6-8-14(12)13/h3*3-8H,9H2,1-2H3;5-9H,4H2,1-3H3. The van der Waals surface area contributed by atoms with E-state index in [0.717, 1.165) is 25.7 Å². The molecule has 8 aromatic carbocycles. The van der Waals surface area contributed by atoms with Crippen molar-refractivity contribution in [1.82, 2.24) is 0 Å². The molecule has 0 nitrogen and oxygen atoms in total. The fraction of sp³-hybridized carbons (Fsp3) is 0.220. The van der Waals surface area contributed by atoms with E-state index in [1.165, 1.54) is 128 Å². The Labute approximate surface area is 353 Å². The van der Waals surface area contributed by atoms with E-state index in [1.807, 2.05) is 0 Å². The molecule has 294 valence electrons. The van der Waals surface area contributed by atoms with E-state index in [2.05, 4.69) is 202 Å². The van der Waals surface area contributed by atoms with Gasteiger partial charge < -0.3 is 0 Å². The average Bonchev–Trinajstić information content (AvgIpc) is 3.95. The zero-order valence-corrected chi connectivity index (χ0v) is 36.6. The smallest absolute Gasteiger partial charge is 0.00107 e. The number of hydrogen-bond acceptors (Lipinski definition) is 0. The van der Waals surface area contributed by atoms with Crippen LogP contribution in [0.4, 0.5) is 0 Å². The van der Waals surface area contributed by atoms with Gasteiger partial charge in [0.1, 0.15) is 0 Å². The van der Waals surface area contributed by atoms with Crippen LogP contribution in [0.5, 0.6) is 0 Å². The molecule has 0 heterocycles. The highest BCUT2D eigenvalue weighted by molar-refractivity contribution is 5.89. The minimum Gasteiger partial charge on any atom is -0.0619 e. The first-order valence-electron chi connectivity index (χ1n) is 21.5. The summed E-state index contributed by atoms with van der Waals surface area (Å²) in [4.78, 5) is 0. The first-order chi connectivity index (χ1) is 28.5. The lowest BCUT2D eigenvalue weighted by atomic mass is 9.95. The van der Waals surface area contributed by atoms with Crippen molar-refractivity contribution < 1.29 is 0 Å². The van der Waals surface area contributed by atoms with Crippen LogP contribution in [0, 0.1) is 55.4 Å². The maximum Gasteiger partial charge on any atom is -0.00107 e. The molecule has 0 saturated heterocycles. The summed E-state index contributed by atoms with van der Waals surface area (Å²) in [7, 11) is 0. The molecule has 0 radical (unpaired) electrons. The molecule has 59 heavy (non-hydrogen) atoms. The van der Waals surface area contributed by atoms with Gasteiger partial charge in [0.25, 0.3) is 0 Å². The van der Waals surface area contributed by atoms with Crippen LogP contribution in [0.15, 0.2) is 140 Å². The SMILES string of the molecule is CCc1cc(C)c(C)c2ccccc12.Cc1cc2c(cc1C)-c1ccccc1C2.Cc1ccc2c(c1C)-c1ccccc1C2.Cc1ccc2c(c1C)Cc1ccccc1-2. The summed E-state index contributed by atoms with van der Waals surface area (Å²) in [5, 5.41) is 2.82. The van der Waals surface area contributed by atoms with Crippen LogP contribution in [-0.4, -0.2) is 0 Å². The van der Waals surface area contributed by atoms with Crippen molar-refractivity contribution in [2.75, 3.05) is 0 Å².